The number of halogens is 1. The molecule has 8 heavy (non-hydrogen) atoms. The third kappa shape index (κ3) is 0.802. The van der Waals surface area contributed by atoms with Crippen molar-refractivity contribution in [1.82, 2.24) is 4.98 Å². The molecule has 0 aliphatic carbocycles. The van der Waals surface area contributed by atoms with Gasteiger partial charge in [0, 0.05) is 6.20 Å². The third-order valence-electron chi connectivity index (χ3n) is 1.34. The number of aromatic nitrogens is 1. The van der Waals surface area contributed by atoms with Crippen molar-refractivity contribution >= 4 is 15.9 Å². The van der Waals surface area contributed by atoms with Crippen molar-refractivity contribution < 1.29 is 0 Å². The number of hydrogen-bond acceptors (Lipinski definition) is 0. The minimum absolute atomic E-state index is 1.09. The topological polar surface area (TPSA) is 15.8 Å². The van der Waals surface area contributed by atoms with Gasteiger partial charge >= 0.3 is 0 Å². The molecule has 0 bridgehead atoms. The van der Waals surface area contributed by atoms with E-state index in [4.69, 9.17) is 0 Å². The van der Waals surface area contributed by atoms with Gasteiger partial charge in [-0.25, -0.2) is 0 Å². The molecule has 44 valence electrons. The van der Waals surface area contributed by atoms with Crippen LogP contribution in [0.4, 0.5) is 0 Å². The molecule has 0 fully saturated rings. The lowest BCUT2D eigenvalue weighted by Crippen LogP contribution is -1.67. The van der Waals surface area contributed by atoms with Crippen molar-refractivity contribution in [1.29, 1.82) is 0 Å². The Hall–Kier alpha value is -0.240. The Morgan fingerprint density at radius 3 is 2.25 bits per heavy atom. The van der Waals surface area contributed by atoms with E-state index in [2.05, 4.69) is 34.8 Å². The van der Waals surface area contributed by atoms with Crippen LogP contribution in [0.2, 0.25) is 0 Å². The molecule has 0 unspecified atom stereocenters. The summed E-state index contributed by atoms with van der Waals surface area (Å²) in [6.07, 6.45) is 1.99. The molecule has 1 heterocycles. The van der Waals surface area contributed by atoms with Crippen LogP contribution >= 0.6 is 15.9 Å². The van der Waals surface area contributed by atoms with Crippen molar-refractivity contribution in [3.63, 3.8) is 0 Å². The maximum atomic E-state index is 3.36. The number of H-pyrrole nitrogens is 1. The van der Waals surface area contributed by atoms with Gasteiger partial charge in [-0.1, -0.05) is 0 Å². The Morgan fingerprint density at radius 2 is 2.12 bits per heavy atom. The molecule has 0 aliphatic rings. The average molecular weight is 174 g/mol. The van der Waals surface area contributed by atoms with E-state index in [1.165, 1.54) is 11.1 Å². The van der Waals surface area contributed by atoms with Gasteiger partial charge in [-0.15, -0.1) is 0 Å². The molecule has 0 radical (unpaired) electrons. The van der Waals surface area contributed by atoms with Gasteiger partial charge in [0.1, 0.15) is 0 Å². The second kappa shape index (κ2) is 1.94. The normalized spacial score (nSPS) is 9.88. The summed E-state index contributed by atoms with van der Waals surface area (Å²) in [5, 5.41) is 0. The van der Waals surface area contributed by atoms with Crippen molar-refractivity contribution in [2.24, 2.45) is 0 Å². The Bertz CT molecular complexity index is 171. The fourth-order valence-corrected chi connectivity index (χ4v) is 0.988. The highest BCUT2D eigenvalue weighted by molar-refractivity contribution is 9.10. The smallest absolute Gasteiger partial charge is 0.0852 e. The summed E-state index contributed by atoms with van der Waals surface area (Å²) in [4.78, 5) is 3.05. The van der Waals surface area contributed by atoms with E-state index in [-0.39, 0.29) is 0 Å². The lowest BCUT2D eigenvalue weighted by Gasteiger charge is -1.84. The van der Waals surface area contributed by atoms with Crippen molar-refractivity contribution in [2.75, 3.05) is 0 Å². The van der Waals surface area contributed by atoms with Gasteiger partial charge in [-0.2, -0.15) is 0 Å². The monoisotopic (exact) mass is 173 g/mol. The second-order valence-electron chi connectivity index (χ2n) is 1.91. The van der Waals surface area contributed by atoms with Crippen molar-refractivity contribution in [2.45, 2.75) is 13.8 Å². The van der Waals surface area contributed by atoms with Crippen LogP contribution in [0.3, 0.4) is 0 Å². The molecule has 0 atom stereocenters. The average Bonchev–Trinajstić information content (AvgIpc) is 1.98. The van der Waals surface area contributed by atoms with E-state index >= 15 is 0 Å². The highest BCUT2D eigenvalue weighted by Crippen LogP contribution is 2.16. The third-order valence-corrected chi connectivity index (χ3v) is 2.16. The fourth-order valence-electron chi connectivity index (χ4n) is 0.561. The summed E-state index contributed by atoms with van der Waals surface area (Å²) in [5.41, 5.74) is 2.60. The number of hydrogen-bond donors (Lipinski definition) is 1. The fraction of sp³-hybridized carbons (Fsp3) is 0.333. The quantitative estimate of drug-likeness (QED) is 0.621. The van der Waals surface area contributed by atoms with Crippen LogP contribution in [0.15, 0.2) is 10.8 Å². The summed E-state index contributed by atoms with van der Waals surface area (Å²) in [7, 11) is 0. The van der Waals surface area contributed by atoms with Gasteiger partial charge in [0.05, 0.1) is 4.60 Å². The van der Waals surface area contributed by atoms with E-state index in [9.17, 15) is 0 Å². The number of aromatic amines is 1. The Morgan fingerprint density at radius 1 is 1.50 bits per heavy atom. The van der Waals surface area contributed by atoms with Crippen LogP contribution in [0, 0.1) is 13.8 Å². The first-order valence-corrected chi connectivity index (χ1v) is 3.31. The predicted octanol–water partition coefficient (Wildman–Crippen LogP) is 2.39. The maximum Gasteiger partial charge on any atom is 0.0852 e. The van der Waals surface area contributed by atoms with Crippen LogP contribution in [0.1, 0.15) is 11.1 Å². The SMILES string of the molecule is Cc1c[nH]c(Br)c1C. The molecule has 1 aromatic heterocycles. The zero-order valence-corrected chi connectivity index (χ0v) is 6.54. The zero-order valence-electron chi connectivity index (χ0n) is 4.96. The highest BCUT2D eigenvalue weighted by Gasteiger charge is 1.96. The molecular formula is C6H8BrN. The van der Waals surface area contributed by atoms with Crippen molar-refractivity contribution in [3.05, 3.63) is 21.9 Å². The van der Waals surface area contributed by atoms with Gasteiger partial charge in [-0.3, -0.25) is 0 Å². The predicted molar refractivity (Wildman–Crippen MR) is 38.0 cm³/mol. The van der Waals surface area contributed by atoms with Gasteiger partial charge < -0.3 is 4.98 Å². The first kappa shape index (κ1) is 5.89. The summed E-state index contributed by atoms with van der Waals surface area (Å²) >= 11 is 3.36. The summed E-state index contributed by atoms with van der Waals surface area (Å²) in [6, 6.07) is 0. The molecule has 0 amide bonds. The Kier molecular flexibility index (Phi) is 1.43. The zero-order chi connectivity index (χ0) is 6.15. The molecule has 0 saturated carbocycles. The van der Waals surface area contributed by atoms with Gasteiger partial charge in [0.2, 0.25) is 0 Å². The van der Waals surface area contributed by atoms with Crippen LogP contribution in [-0.2, 0) is 0 Å². The van der Waals surface area contributed by atoms with E-state index in [0.717, 1.165) is 4.60 Å². The Labute approximate surface area is 57.2 Å². The van der Waals surface area contributed by atoms with Crippen LogP contribution in [0.25, 0.3) is 0 Å². The van der Waals surface area contributed by atoms with Gasteiger partial charge in [0.15, 0.2) is 0 Å². The molecule has 0 spiro atoms. The van der Waals surface area contributed by atoms with Gasteiger partial charge in [0.25, 0.3) is 0 Å². The van der Waals surface area contributed by atoms with Crippen LogP contribution < -0.4 is 0 Å². The number of rotatable bonds is 0. The molecule has 0 aliphatic heterocycles. The van der Waals surface area contributed by atoms with Crippen molar-refractivity contribution in [3.8, 4) is 0 Å². The summed E-state index contributed by atoms with van der Waals surface area (Å²) in [5.74, 6) is 0. The molecular weight excluding hydrogens is 166 g/mol. The maximum absolute atomic E-state index is 3.36. The van der Waals surface area contributed by atoms with E-state index < -0.39 is 0 Å². The molecule has 0 saturated heterocycles. The lowest BCUT2D eigenvalue weighted by molar-refractivity contribution is 1.32. The highest BCUT2D eigenvalue weighted by atomic mass is 79.9. The Balaban J connectivity index is 3.19. The second-order valence-corrected chi connectivity index (χ2v) is 2.70. The minimum Gasteiger partial charge on any atom is -0.356 e. The summed E-state index contributed by atoms with van der Waals surface area (Å²) < 4.78 is 1.09. The van der Waals surface area contributed by atoms with E-state index in [1.807, 2.05) is 6.20 Å². The van der Waals surface area contributed by atoms with Crippen LogP contribution in [-0.4, -0.2) is 4.98 Å². The van der Waals surface area contributed by atoms with Crippen LogP contribution in [0.5, 0.6) is 0 Å². The molecule has 0 aromatic carbocycles. The summed E-state index contributed by atoms with van der Waals surface area (Å²) in [6.45, 7) is 4.16. The number of aryl methyl sites for hydroxylation is 1. The first-order valence-electron chi connectivity index (χ1n) is 2.52. The molecule has 1 rings (SSSR count). The van der Waals surface area contributed by atoms with Gasteiger partial charge in [-0.05, 0) is 40.9 Å². The lowest BCUT2D eigenvalue weighted by atomic mass is 10.2. The molecule has 1 N–H and O–H groups in total. The standard InChI is InChI=1S/C6H8BrN/c1-4-3-8-6(7)5(4)2/h3,8H,1-2H3. The minimum atomic E-state index is 1.09. The first-order chi connectivity index (χ1) is 3.72. The molecule has 2 heteroatoms. The largest absolute Gasteiger partial charge is 0.356 e. The van der Waals surface area contributed by atoms with E-state index in [0.29, 0.717) is 0 Å². The molecule has 1 nitrogen and oxygen atoms in total. The number of nitrogens with one attached hydrogen (secondary N) is 1. The van der Waals surface area contributed by atoms with E-state index in [1.54, 1.807) is 0 Å². The molecule has 1 aromatic rings.